The quantitative estimate of drug-likeness (QED) is 0.304. The van der Waals surface area contributed by atoms with Gasteiger partial charge in [0, 0.05) is 0 Å². The number of benzene rings is 3. The summed E-state index contributed by atoms with van der Waals surface area (Å²) in [6, 6.07) is 18.6. The van der Waals surface area contributed by atoms with E-state index < -0.39 is 17.0 Å². The predicted octanol–water partition coefficient (Wildman–Crippen LogP) is 8.02. The molecule has 176 valence electrons. The molecule has 0 fully saturated rings. The molecule has 0 aliphatic heterocycles. The smallest absolute Gasteiger partial charge is 0.426 e. The summed E-state index contributed by atoms with van der Waals surface area (Å²) in [6.07, 6.45) is 0. The first kappa shape index (κ1) is 25.3. The van der Waals surface area contributed by atoms with Crippen LogP contribution in [0.2, 0.25) is 0 Å². The van der Waals surface area contributed by atoms with Crippen LogP contribution < -0.4 is 9.05 Å². The van der Waals surface area contributed by atoms with E-state index in [1.165, 1.54) is 0 Å². The van der Waals surface area contributed by atoms with Crippen molar-refractivity contribution in [3.8, 4) is 11.5 Å². The van der Waals surface area contributed by atoms with E-state index in [1.807, 2.05) is 57.2 Å². The number of hydrogen-bond donors (Lipinski definition) is 0. The van der Waals surface area contributed by atoms with Gasteiger partial charge in [-0.15, -0.1) is 0 Å². The molecule has 0 atom stereocenters. The Morgan fingerprint density at radius 1 is 0.636 bits per heavy atom. The van der Waals surface area contributed by atoms with Crippen molar-refractivity contribution in [1.82, 2.24) is 0 Å². The molecule has 0 unspecified atom stereocenters. The summed E-state index contributed by atoms with van der Waals surface area (Å²) >= 11 is 0. The van der Waals surface area contributed by atoms with Crippen LogP contribution in [-0.4, -0.2) is 8.42 Å². The molecule has 0 aromatic heterocycles. The normalized spacial score (nSPS) is 11.9. The van der Waals surface area contributed by atoms with Gasteiger partial charge in [-0.05, 0) is 79.1 Å². The SMILES string of the molecule is Cc1ccc(S(=O)(=O)P(Oc2cc(C)ccc2C(C)C)Oc2cc(C)ccc2C(C)C)cc1. The highest BCUT2D eigenvalue weighted by molar-refractivity contribution is 8.47. The average molecular weight is 485 g/mol. The van der Waals surface area contributed by atoms with Gasteiger partial charge in [-0.1, -0.05) is 69.7 Å². The molecular formula is C27H33O4PS. The van der Waals surface area contributed by atoms with E-state index in [1.54, 1.807) is 24.3 Å². The Morgan fingerprint density at radius 3 is 1.42 bits per heavy atom. The van der Waals surface area contributed by atoms with Gasteiger partial charge >= 0.3 is 7.58 Å². The Kier molecular flexibility index (Phi) is 7.87. The molecular weight excluding hydrogens is 451 g/mol. The molecule has 0 saturated heterocycles. The van der Waals surface area contributed by atoms with E-state index in [2.05, 4.69) is 27.7 Å². The molecule has 0 aliphatic carbocycles. The minimum Gasteiger partial charge on any atom is -0.427 e. The van der Waals surface area contributed by atoms with Gasteiger partial charge in [-0.25, -0.2) is 8.42 Å². The maximum absolute atomic E-state index is 13.8. The number of hydrogen-bond acceptors (Lipinski definition) is 4. The molecule has 3 aromatic rings. The van der Waals surface area contributed by atoms with E-state index in [9.17, 15) is 8.42 Å². The Morgan fingerprint density at radius 2 is 1.03 bits per heavy atom. The van der Waals surface area contributed by atoms with Crippen LogP contribution in [0.4, 0.5) is 0 Å². The summed E-state index contributed by atoms with van der Waals surface area (Å²) < 4.78 is 40.1. The van der Waals surface area contributed by atoms with Gasteiger partial charge in [0.2, 0.25) is 0 Å². The summed E-state index contributed by atoms with van der Waals surface area (Å²) in [6.45, 7) is 14.1. The highest BCUT2D eigenvalue weighted by Crippen LogP contribution is 2.52. The van der Waals surface area contributed by atoms with Crippen LogP contribution in [0.25, 0.3) is 0 Å². The Hall–Kier alpha value is -2.36. The van der Waals surface area contributed by atoms with Crippen LogP contribution in [0, 0.1) is 20.8 Å². The zero-order chi connectivity index (χ0) is 24.3. The lowest BCUT2D eigenvalue weighted by molar-refractivity contribution is 0.489. The van der Waals surface area contributed by atoms with Crippen molar-refractivity contribution in [1.29, 1.82) is 0 Å². The van der Waals surface area contributed by atoms with Crippen molar-refractivity contribution in [2.45, 2.75) is 65.2 Å². The van der Waals surface area contributed by atoms with E-state index in [-0.39, 0.29) is 16.7 Å². The highest BCUT2D eigenvalue weighted by atomic mass is 32.8. The third-order valence-electron chi connectivity index (χ3n) is 5.44. The topological polar surface area (TPSA) is 52.6 Å². The lowest BCUT2D eigenvalue weighted by atomic mass is 10.0. The van der Waals surface area contributed by atoms with Gasteiger partial charge in [-0.3, -0.25) is 0 Å². The molecule has 3 rings (SSSR count). The zero-order valence-corrected chi connectivity index (χ0v) is 22.1. The van der Waals surface area contributed by atoms with Crippen molar-refractivity contribution in [3.05, 3.63) is 88.5 Å². The van der Waals surface area contributed by atoms with Crippen molar-refractivity contribution in [2.24, 2.45) is 0 Å². The first-order valence-corrected chi connectivity index (χ1v) is 14.4. The first-order valence-electron chi connectivity index (χ1n) is 11.2. The maximum Gasteiger partial charge on any atom is 0.426 e. The summed E-state index contributed by atoms with van der Waals surface area (Å²) in [5, 5.41) is 0. The molecule has 0 heterocycles. The Bertz CT molecular complexity index is 1160. The van der Waals surface area contributed by atoms with E-state index in [0.717, 1.165) is 27.8 Å². The van der Waals surface area contributed by atoms with Crippen LogP contribution in [0.15, 0.2) is 65.6 Å². The average Bonchev–Trinajstić information content (AvgIpc) is 2.73. The summed E-state index contributed by atoms with van der Waals surface area (Å²) in [4.78, 5) is 0.191. The monoisotopic (exact) mass is 484 g/mol. The van der Waals surface area contributed by atoms with Gasteiger partial charge in [-0.2, -0.15) is 0 Å². The third-order valence-corrected chi connectivity index (χ3v) is 9.65. The van der Waals surface area contributed by atoms with Crippen LogP contribution in [0.5, 0.6) is 11.5 Å². The second kappa shape index (κ2) is 10.3. The molecule has 0 N–H and O–H groups in total. The van der Waals surface area contributed by atoms with Crippen molar-refractivity contribution >= 4 is 17.0 Å². The molecule has 33 heavy (non-hydrogen) atoms. The Labute approximate surface area is 199 Å². The third kappa shape index (κ3) is 5.96. The van der Waals surface area contributed by atoms with Crippen LogP contribution in [0.1, 0.15) is 67.3 Å². The van der Waals surface area contributed by atoms with Crippen molar-refractivity contribution in [3.63, 3.8) is 0 Å². The van der Waals surface area contributed by atoms with E-state index in [4.69, 9.17) is 9.05 Å². The molecule has 4 nitrogen and oxygen atoms in total. The predicted molar refractivity (Wildman–Crippen MR) is 137 cm³/mol. The number of aryl methyl sites for hydroxylation is 3. The molecule has 3 aromatic carbocycles. The lowest BCUT2D eigenvalue weighted by Crippen LogP contribution is -2.10. The highest BCUT2D eigenvalue weighted by Gasteiger charge is 2.36. The molecule has 6 heteroatoms. The van der Waals surface area contributed by atoms with E-state index in [0.29, 0.717) is 11.5 Å². The van der Waals surface area contributed by atoms with Gasteiger partial charge in [0.05, 0.1) is 4.90 Å². The van der Waals surface area contributed by atoms with Gasteiger partial charge < -0.3 is 9.05 Å². The lowest BCUT2D eigenvalue weighted by Gasteiger charge is -2.23. The first-order chi connectivity index (χ1) is 15.5. The molecule has 0 spiro atoms. The fourth-order valence-electron chi connectivity index (χ4n) is 3.47. The fourth-order valence-corrected chi connectivity index (χ4v) is 6.94. The largest absolute Gasteiger partial charge is 0.427 e. The molecule has 0 bridgehead atoms. The second-order valence-electron chi connectivity index (χ2n) is 9.09. The maximum atomic E-state index is 13.8. The van der Waals surface area contributed by atoms with E-state index >= 15 is 0 Å². The Balaban J connectivity index is 2.13. The summed E-state index contributed by atoms with van der Waals surface area (Å²) in [5.74, 6) is 1.44. The van der Waals surface area contributed by atoms with Crippen molar-refractivity contribution in [2.75, 3.05) is 0 Å². The van der Waals surface area contributed by atoms with Crippen molar-refractivity contribution < 1.29 is 17.5 Å². The molecule has 0 saturated carbocycles. The molecule has 0 aliphatic rings. The summed E-state index contributed by atoms with van der Waals surface area (Å²) in [5.41, 5.74) is 4.88. The molecule has 0 radical (unpaired) electrons. The zero-order valence-electron chi connectivity index (χ0n) is 20.4. The standard InChI is InChI=1S/C27H33O4PS/c1-18(2)24-14-10-21(6)16-26(24)30-32(33(28,29)23-12-8-20(5)9-13-23)31-27-17-22(7)11-15-25(27)19(3)4/h8-19H,1-7H3. The van der Waals surface area contributed by atoms with Crippen LogP contribution >= 0.6 is 7.58 Å². The molecule has 0 amide bonds. The minimum atomic E-state index is -3.90. The second-order valence-corrected chi connectivity index (χ2v) is 13.7. The van der Waals surface area contributed by atoms with Crippen LogP contribution in [-0.2, 0) is 9.46 Å². The minimum absolute atomic E-state index is 0.171. The van der Waals surface area contributed by atoms with Gasteiger partial charge in [0.1, 0.15) is 11.5 Å². The van der Waals surface area contributed by atoms with Gasteiger partial charge in [0.15, 0.2) is 0 Å². The fraction of sp³-hybridized carbons (Fsp3) is 0.333. The van der Waals surface area contributed by atoms with Gasteiger partial charge in [0.25, 0.3) is 9.46 Å². The number of rotatable bonds is 8. The van der Waals surface area contributed by atoms with Crippen LogP contribution in [0.3, 0.4) is 0 Å². The summed E-state index contributed by atoms with van der Waals surface area (Å²) in [7, 11) is -6.28.